The number of hydrogen-bond donors (Lipinski definition) is 3. The normalized spacial score (nSPS) is 12.7. The van der Waals surface area contributed by atoms with Crippen molar-refractivity contribution in [3.05, 3.63) is 0 Å². The molecule has 1 unspecified atom stereocenters. The molecule has 0 aliphatic carbocycles. The Hall–Kier alpha value is -0.360. The van der Waals surface area contributed by atoms with E-state index in [9.17, 15) is 4.79 Å². The highest BCUT2D eigenvalue weighted by molar-refractivity contribution is 6.20. The number of carbonyl (C=O) groups is 1. The highest BCUT2D eigenvalue weighted by Crippen LogP contribution is 2.14. The van der Waals surface area contributed by atoms with Crippen molar-refractivity contribution in [3.8, 4) is 0 Å². The summed E-state index contributed by atoms with van der Waals surface area (Å²) in [6, 6.07) is 0. The maximum absolute atomic E-state index is 11.0. The number of nitrogens with one attached hydrogen (secondary N) is 1. The molecular formula is C18H38ClN3O2. The van der Waals surface area contributed by atoms with Crippen LogP contribution in [0.3, 0.4) is 0 Å². The van der Waals surface area contributed by atoms with Gasteiger partial charge in [0.25, 0.3) is 0 Å². The molecule has 0 amide bonds. The number of halogens is 1. The molecule has 0 radical (unpaired) electrons. The van der Waals surface area contributed by atoms with Gasteiger partial charge in [-0.15, -0.1) is 11.6 Å². The van der Waals surface area contributed by atoms with Gasteiger partial charge < -0.3 is 16.2 Å². The molecule has 5 nitrogen and oxygen atoms in total. The Morgan fingerprint density at radius 1 is 1.12 bits per heavy atom. The number of hydrogen-bond acceptors (Lipinski definition) is 4. The fourth-order valence-corrected chi connectivity index (χ4v) is 3.11. The van der Waals surface area contributed by atoms with Crippen LogP contribution in [0, 0.1) is 0 Å². The van der Waals surface area contributed by atoms with Gasteiger partial charge in [-0.25, -0.2) is 0 Å². The topological polar surface area (TPSA) is 78.6 Å². The third-order valence-corrected chi connectivity index (χ3v) is 4.47. The number of carboxylic acid groups (broad SMARTS) is 1. The van der Waals surface area contributed by atoms with Crippen molar-refractivity contribution in [2.75, 3.05) is 39.3 Å². The third-order valence-electron chi connectivity index (χ3n) is 4.11. The molecule has 0 saturated carbocycles. The lowest BCUT2D eigenvalue weighted by atomic mass is 10.1. The number of carboxylic acids is 1. The number of aliphatic carboxylic acids is 1. The molecule has 0 fully saturated rings. The van der Waals surface area contributed by atoms with E-state index < -0.39 is 5.97 Å². The predicted octanol–water partition coefficient (Wildman–Crippen LogP) is 3.06. The van der Waals surface area contributed by atoms with E-state index in [0.717, 1.165) is 25.9 Å². The van der Waals surface area contributed by atoms with E-state index in [1.807, 2.05) is 4.90 Å². The maximum Gasteiger partial charge on any atom is 0.317 e. The van der Waals surface area contributed by atoms with E-state index in [2.05, 4.69) is 12.2 Å². The highest BCUT2D eigenvalue weighted by atomic mass is 35.5. The van der Waals surface area contributed by atoms with Gasteiger partial charge in [-0.1, -0.05) is 58.3 Å². The molecular weight excluding hydrogens is 326 g/mol. The van der Waals surface area contributed by atoms with E-state index in [1.54, 1.807) is 0 Å². The molecule has 24 heavy (non-hydrogen) atoms. The molecule has 0 aromatic carbocycles. The van der Waals surface area contributed by atoms with Crippen LogP contribution in [0.25, 0.3) is 0 Å². The Balaban J connectivity index is 3.75. The van der Waals surface area contributed by atoms with Crippen LogP contribution < -0.4 is 11.1 Å². The van der Waals surface area contributed by atoms with Gasteiger partial charge in [-0.2, -0.15) is 0 Å². The van der Waals surface area contributed by atoms with Crippen molar-refractivity contribution in [1.82, 2.24) is 10.2 Å². The first kappa shape index (κ1) is 23.6. The summed E-state index contributed by atoms with van der Waals surface area (Å²) in [4.78, 5) is 12.9. The molecule has 0 saturated heterocycles. The van der Waals surface area contributed by atoms with E-state index >= 15 is 0 Å². The van der Waals surface area contributed by atoms with Crippen molar-refractivity contribution < 1.29 is 9.90 Å². The zero-order chi connectivity index (χ0) is 18.0. The molecule has 6 heteroatoms. The molecule has 0 aromatic rings. The molecule has 0 aliphatic heterocycles. The fourth-order valence-electron chi connectivity index (χ4n) is 2.76. The maximum atomic E-state index is 11.0. The minimum Gasteiger partial charge on any atom is -0.480 e. The van der Waals surface area contributed by atoms with Crippen LogP contribution in [-0.2, 0) is 4.79 Å². The molecule has 0 bridgehead atoms. The SMILES string of the molecule is CCCCCCCCCCC(Cl)CN(CCNCCN)CC(=O)O. The van der Waals surface area contributed by atoms with Gasteiger partial charge >= 0.3 is 5.97 Å². The summed E-state index contributed by atoms with van der Waals surface area (Å²) in [5.74, 6) is -0.801. The fraction of sp³-hybridized carbons (Fsp3) is 0.944. The second-order valence-corrected chi connectivity index (χ2v) is 7.15. The number of alkyl halides is 1. The Kier molecular flexibility index (Phi) is 17.2. The summed E-state index contributed by atoms with van der Waals surface area (Å²) < 4.78 is 0. The Morgan fingerprint density at radius 2 is 1.75 bits per heavy atom. The lowest BCUT2D eigenvalue weighted by Crippen LogP contribution is -2.40. The van der Waals surface area contributed by atoms with Crippen LogP contribution in [0.15, 0.2) is 0 Å². The second kappa shape index (κ2) is 17.5. The van der Waals surface area contributed by atoms with Crippen molar-refractivity contribution in [3.63, 3.8) is 0 Å². The first-order valence-corrected chi connectivity index (χ1v) is 10.0. The standard InChI is InChI=1S/C18H38ClN3O2/c1-2-3-4-5-6-7-8-9-10-17(19)15-22(16-18(23)24)14-13-21-12-11-20/h17,21H,2-16,20H2,1H3,(H,23,24). The van der Waals surface area contributed by atoms with E-state index in [0.29, 0.717) is 19.6 Å². The van der Waals surface area contributed by atoms with Gasteiger partial charge in [-0.3, -0.25) is 9.69 Å². The van der Waals surface area contributed by atoms with Gasteiger partial charge in [-0.05, 0) is 6.42 Å². The molecule has 0 spiro atoms. The molecule has 0 heterocycles. The van der Waals surface area contributed by atoms with Crippen LogP contribution in [0.4, 0.5) is 0 Å². The van der Waals surface area contributed by atoms with Crippen molar-refractivity contribution in [2.24, 2.45) is 5.73 Å². The first-order valence-electron chi connectivity index (χ1n) is 9.59. The van der Waals surface area contributed by atoms with Gasteiger partial charge in [0.1, 0.15) is 0 Å². The smallest absolute Gasteiger partial charge is 0.317 e. The zero-order valence-electron chi connectivity index (χ0n) is 15.4. The minimum absolute atomic E-state index is 0.0268. The minimum atomic E-state index is -0.801. The van der Waals surface area contributed by atoms with E-state index in [-0.39, 0.29) is 11.9 Å². The Morgan fingerprint density at radius 3 is 2.33 bits per heavy atom. The molecule has 0 aromatic heterocycles. The number of nitrogens with zero attached hydrogens (tertiary/aromatic N) is 1. The summed E-state index contributed by atoms with van der Waals surface area (Å²) >= 11 is 6.41. The summed E-state index contributed by atoms with van der Waals surface area (Å²) in [5, 5.41) is 12.2. The number of unbranched alkanes of at least 4 members (excludes halogenated alkanes) is 7. The predicted molar refractivity (Wildman–Crippen MR) is 103 cm³/mol. The average Bonchev–Trinajstić information content (AvgIpc) is 2.53. The summed E-state index contributed by atoms with van der Waals surface area (Å²) in [6.07, 6.45) is 11.3. The van der Waals surface area contributed by atoms with Crippen LogP contribution in [0.5, 0.6) is 0 Å². The first-order chi connectivity index (χ1) is 11.6. The van der Waals surface area contributed by atoms with Crippen LogP contribution in [0.1, 0.15) is 64.7 Å². The van der Waals surface area contributed by atoms with Crippen molar-refractivity contribution >= 4 is 17.6 Å². The number of rotatable bonds is 18. The molecule has 4 N–H and O–H groups in total. The van der Waals surface area contributed by atoms with E-state index in [1.165, 1.54) is 44.9 Å². The van der Waals surface area contributed by atoms with Crippen LogP contribution in [0.2, 0.25) is 0 Å². The lowest BCUT2D eigenvalue weighted by Gasteiger charge is -2.23. The Labute approximate surface area is 153 Å². The molecule has 0 rings (SSSR count). The molecule has 0 aliphatic rings. The molecule has 144 valence electrons. The Bertz CT molecular complexity index is 293. The van der Waals surface area contributed by atoms with Crippen LogP contribution >= 0.6 is 11.6 Å². The van der Waals surface area contributed by atoms with Gasteiger partial charge in [0.15, 0.2) is 0 Å². The lowest BCUT2D eigenvalue weighted by molar-refractivity contribution is -0.138. The third kappa shape index (κ3) is 16.5. The van der Waals surface area contributed by atoms with Gasteiger partial charge in [0, 0.05) is 38.1 Å². The second-order valence-electron chi connectivity index (χ2n) is 6.53. The highest BCUT2D eigenvalue weighted by Gasteiger charge is 2.14. The van der Waals surface area contributed by atoms with Crippen molar-refractivity contribution in [1.29, 1.82) is 0 Å². The monoisotopic (exact) mass is 363 g/mol. The average molecular weight is 364 g/mol. The van der Waals surface area contributed by atoms with E-state index in [4.69, 9.17) is 22.4 Å². The summed E-state index contributed by atoms with van der Waals surface area (Å²) in [5.41, 5.74) is 5.43. The number of nitrogens with two attached hydrogens (primary N) is 1. The van der Waals surface area contributed by atoms with Crippen molar-refractivity contribution in [2.45, 2.75) is 70.1 Å². The quantitative estimate of drug-likeness (QED) is 0.257. The summed E-state index contributed by atoms with van der Waals surface area (Å²) in [7, 11) is 0. The summed E-state index contributed by atoms with van der Waals surface area (Å²) in [6.45, 7) is 5.69. The largest absolute Gasteiger partial charge is 0.480 e. The van der Waals surface area contributed by atoms with Crippen LogP contribution in [-0.4, -0.2) is 60.6 Å². The van der Waals surface area contributed by atoms with Gasteiger partial charge in [0.05, 0.1) is 6.54 Å². The zero-order valence-corrected chi connectivity index (χ0v) is 16.2. The van der Waals surface area contributed by atoms with Gasteiger partial charge in [0.2, 0.25) is 0 Å². The molecule has 1 atom stereocenters.